The summed E-state index contributed by atoms with van der Waals surface area (Å²) in [7, 11) is 0. The molecule has 0 atom stereocenters. The maximum atomic E-state index is 4.39. The molecule has 4 N–H and O–H groups in total. The summed E-state index contributed by atoms with van der Waals surface area (Å²) in [4.78, 5) is 0. The van der Waals surface area contributed by atoms with Crippen LogP contribution < -0.4 is 11.7 Å². The molecule has 0 aliphatic heterocycles. The minimum Gasteiger partial charge on any atom is -0.274 e. The van der Waals surface area contributed by atoms with Crippen molar-refractivity contribution in [3.8, 4) is 0 Å². The molecule has 0 spiro atoms. The molecule has 0 aromatic rings. The van der Waals surface area contributed by atoms with E-state index in [4.69, 9.17) is 0 Å². The summed E-state index contributed by atoms with van der Waals surface area (Å²) in [5.41, 5.74) is 0. The molecule has 0 unspecified atom stereocenters. The SMILES string of the molecule is CSC=S.NN. The average molecular weight is 124 g/mol. The van der Waals surface area contributed by atoms with Gasteiger partial charge in [-0.2, -0.15) is 0 Å². The number of rotatable bonds is 1. The molecule has 0 rings (SSSR count). The van der Waals surface area contributed by atoms with E-state index in [0.717, 1.165) is 0 Å². The van der Waals surface area contributed by atoms with Crippen molar-refractivity contribution in [2.75, 3.05) is 6.26 Å². The van der Waals surface area contributed by atoms with Crippen LogP contribution in [0.1, 0.15) is 0 Å². The van der Waals surface area contributed by atoms with Gasteiger partial charge in [-0.05, 0) is 6.26 Å². The van der Waals surface area contributed by atoms with Gasteiger partial charge in [-0.15, -0.1) is 11.8 Å². The van der Waals surface area contributed by atoms with Crippen LogP contribution in [0, 0.1) is 0 Å². The highest BCUT2D eigenvalue weighted by molar-refractivity contribution is 8.20. The van der Waals surface area contributed by atoms with Gasteiger partial charge in [-0.25, -0.2) is 0 Å². The molecule has 6 heavy (non-hydrogen) atoms. The first kappa shape index (κ1) is 9.61. The first-order chi connectivity index (χ1) is 2.91. The zero-order valence-corrected chi connectivity index (χ0v) is 5.18. The van der Waals surface area contributed by atoms with Gasteiger partial charge in [0.25, 0.3) is 0 Å². The quantitative estimate of drug-likeness (QED) is 0.296. The van der Waals surface area contributed by atoms with E-state index in [-0.39, 0.29) is 0 Å². The van der Waals surface area contributed by atoms with Crippen LogP contribution in [0.5, 0.6) is 0 Å². The largest absolute Gasteiger partial charge is 0.274 e. The highest BCUT2D eigenvalue weighted by atomic mass is 32.2. The summed E-state index contributed by atoms with van der Waals surface area (Å²) in [5, 5.41) is 0. The fraction of sp³-hybridized carbons (Fsp3) is 0.500. The topological polar surface area (TPSA) is 52.0 Å². The van der Waals surface area contributed by atoms with Crippen LogP contribution in [0.2, 0.25) is 0 Å². The molecule has 0 saturated heterocycles. The van der Waals surface area contributed by atoms with Crippen LogP contribution in [-0.2, 0) is 0 Å². The maximum Gasteiger partial charge on any atom is 0.0339 e. The molecule has 0 amide bonds. The number of nitrogens with two attached hydrogens (primary N) is 2. The third-order valence-corrected chi connectivity index (χ3v) is 0.866. The minimum atomic E-state index is 1.55. The van der Waals surface area contributed by atoms with Gasteiger partial charge >= 0.3 is 0 Å². The molecule has 0 saturated carbocycles. The lowest BCUT2D eigenvalue weighted by molar-refractivity contribution is 1.26. The van der Waals surface area contributed by atoms with Crippen molar-refractivity contribution in [1.82, 2.24) is 0 Å². The molecule has 0 bridgehead atoms. The van der Waals surface area contributed by atoms with Crippen LogP contribution in [-0.4, -0.2) is 11.0 Å². The second-order valence-corrected chi connectivity index (χ2v) is 1.57. The molecule has 0 aliphatic rings. The Morgan fingerprint density at radius 1 is 1.67 bits per heavy atom. The number of thiocarbonyl (C=S) groups is 1. The van der Waals surface area contributed by atoms with Gasteiger partial charge in [-0.1, -0.05) is 12.2 Å². The highest BCUT2D eigenvalue weighted by Crippen LogP contribution is 1.78. The van der Waals surface area contributed by atoms with Gasteiger partial charge in [0.15, 0.2) is 0 Å². The van der Waals surface area contributed by atoms with E-state index >= 15 is 0 Å². The number of hydrogen-bond donors (Lipinski definition) is 2. The zero-order valence-electron chi connectivity index (χ0n) is 3.55. The third kappa shape index (κ3) is 26.6. The molecular weight excluding hydrogens is 116 g/mol. The third-order valence-electron chi connectivity index (χ3n) is 0.0962. The van der Waals surface area contributed by atoms with E-state index in [1.54, 1.807) is 16.5 Å². The first-order valence-corrected chi connectivity index (χ1v) is 2.97. The van der Waals surface area contributed by atoms with Crippen LogP contribution in [0.15, 0.2) is 0 Å². The average Bonchev–Trinajstić information content (AvgIpc) is 1.72. The molecule has 0 fully saturated rings. The van der Waals surface area contributed by atoms with Gasteiger partial charge in [0.1, 0.15) is 0 Å². The number of hydrogen-bond acceptors (Lipinski definition) is 4. The highest BCUT2D eigenvalue weighted by Gasteiger charge is 1.46. The fourth-order valence-corrected chi connectivity index (χ4v) is 0. The molecule has 0 heterocycles. The van der Waals surface area contributed by atoms with Crippen molar-refractivity contribution in [1.29, 1.82) is 0 Å². The summed E-state index contributed by atoms with van der Waals surface area (Å²) in [6.07, 6.45) is 1.94. The standard InChI is InChI=1S/C2H4S2.H4N2/c1-4-2-3;1-2/h2H,1H3;1-2H2. The normalized spacial score (nSPS) is 5.17. The summed E-state index contributed by atoms with van der Waals surface area (Å²) < 4.78 is 1.62. The molecule has 0 aromatic heterocycles. The van der Waals surface area contributed by atoms with Gasteiger partial charge in [0.2, 0.25) is 0 Å². The molecule has 0 aliphatic carbocycles. The minimum absolute atomic E-state index is 1.55. The number of thioether (sulfide) groups is 1. The lowest BCUT2D eigenvalue weighted by Gasteiger charge is -1.56. The van der Waals surface area contributed by atoms with E-state index in [0.29, 0.717) is 0 Å². The predicted molar refractivity (Wildman–Crippen MR) is 35.5 cm³/mol. The van der Waals surface area contributed by atoms with E-state index in [9.17, 15) is 0 Å². The summed E-state index contributed by atoms with van der Waals surface area (Å²) in [5.74, 6) is 8.00. The Morgan fingerprint density at radius 3 is 1.83 bits per heavy atom. The predicted octanol–water partition coefficient (Wildman–Crippen LogP) is 0.125. The Morgan fingerprint density at radius 2 is 1.83 bits per heavy atom. The number of hydrazine groups is 1. The first-order valence-electron chi connectivity index (χ1n) is 1.21. The second kappa shape index (κ2) is 18.3. The Balaban J connectivity index is 0. The fourth-order valence-electron chi connectivity index (χ4n) is 0. The molecule has 2 nitrogen and oxygen atoms in total. The van der Waals surface area contributed by atoms with Crippen molar-refractivity contribution < 1.29 is 0 Å². The zero-order chi connectivity index (χ0) is 5.41. The van der Waals surface area contributed by atoms with Crippen molar-refractivity contribution in [3.05, 3.63) is 0 Å². The van der Waals surface area contributed by atoms with Crippen molar-refractivity contribution in [2.24, 2.45) is 11.7 Å². The summed E-state index contributed by atoms with van der Waals surface area (Å²) >= 11 is 5.94. The molecule has 4 heteroatoms. The Labute approximate surface area is 47.2 Å². The van der Waals surface area contributed by atoms with E-state index in [1.165, 1.54) is 0 Å². The molecular formula is C2H8N2S2. The van der Waals surface area contributed by atoms with Crippen molar-refractivity contribution >= 4 is 28.7 Å². The monoisotopic (exact) mass is 124 g/mol. The van der Waals surface area contributed by atoms with Crippen molar-refractivity contribution in [3.63, 3.8) is 0 Å². The van der Waals surface area contributed by atoms with Crippen LogP contribution in [0.25, 0.3) is 0 Å². The van der Waals surface area contributed by atoms with Crippen LogP contribution in [0.3, 0.4) is 0 Å². The van der Waals surface area contributed by atoms with Gasteiger partial charge in [0.05, 0.1) is 0 Å². The Bertz CT molecular complexity index is 23.5. The van der Waals surface area contributed by atoms with Gasteiger partial charge in [-0.3, -0.25) is 11.7 Å². The van der Waals surface area contributed by atoms with Crippen molar-refractivity contribution in [2.45, 2.75) is 0 Å². The lowest BCUT2D eigenvalue weighted by Crippen LogP contribution is -2.02. The second-order valence-electron chi connectivity index (χ2n) is 0.332. The van der Waals surface area contributed by atoms with Gasteiger partial charge in [0, 0.05) is 4.70 Å². The summed E-state index contributed by atoms with van der Waals surface area (Å²) in [6, 6.07) is 0. The Hall–Kier alpha value is 0.360. The molecule has 0 radical (unpaired) electrons. The lowest BCUT2D eigenvalue weighted by atomic mass is 11.9. The van der Waals surface area contributed by atoms with E-state index in [1.807, 2.05) is 6.26 Å². The molecule has 38 valence electrons. The van der Waals surface area contributed by atoms with Crippen LogP contribution in [0.4, 0.5) is 0 Å². The summed E-state index contributed by atoms with van der Waals surface area (Å²) in [6.45, 7) is 0. The Kier molecular flexibility index (Phi) is 29.3. The van der Waals surface area contributed by atoms with E-state index < -0.39 is 0 Å². The smallest absolute Gasteiger partial charge is 0.0339 e. The van der Waals surface area contributed by atoms with Crippen LogP contribution >= 0.6 is 24.0 Å². The molecule has 0 aromatic carbocycles. The van der Waals surface area contributed by atoms with E-state index in [2.05, 4.69) is 23.9 Å². The van der Waals surface area contributed by atoms with Gasteiger partial charge < -0.3 is 0 Å². The maximum absolute atomic E-state index is 4.39.